The van der Waals surface area contributed by atoms with Crippen molar-refractivity contribution in [2.45, 2.75) is 20.0 Å². The lowest BCUT2D eigenvalue weighted by Crippen LogP contribution is -3.00. The molecule has 0 unspecified atom stereocenters. The highest BCUT2D eigenvalue weighted by Crippen LogP contribution is 2.31. The maximum absolute atomic E-state index is 2.38. The van der Waals surface area contributed by atoms with Crippen LogP contribution in [0.25, 0.3) is 10.8 Å². The molecule has 2 aromatic carbocycles. The molecule has 0 N–H and O–H groups in total. The Hall–Kier alpha value is -0.860. The summed E-state index contributed by atoms with van der Waals surface area (Å²) in [6, 6.07) is 13.4. The van der Waals surface area contributed by atoms with Crippen molar-refractivity contribution in [3.05, 3.63) is 47.5 Å². The first-order valence-corrected chi connectivity index (χ1v) is 6.04. The summed E-state index contributed by atoms with van der Waals surface area (Å²) in [5, 5.41) is 2.76. The lowest BCUT2D eigenvalue weighted by molar-refractivity contribution is -0.927. The van der Waals surface area contributed by atoms with Gasteiger partial charge in [0.05, 0.1) is 13.6 Å². The zero-order chi connectivity index (χ0) is 11.2. The van der Waals surface area contributed by atoms with Gasteiger partial charge in [0.1, 0.15) is 13.1 Å². The molecular formula is C15H18BrN. The summed E-state index contributed by atoms with van der Waals surface area (Å²) in [5.41, 5.74) is 3.09. The van der Waals surface area contributed by atoms with Crippen LogP contribution in [-0.4, -0.2) is 18.1 Å². The van der Waals surface area contributed by atoms with E-state index in [4.69, 9.17) is 0 Å². The van der Waals surface area contributed by atoms with E-state index in [0.29, 0.717) is 0 Å². The van der Waals surface area contributed by atoms with Gasteiger partial charge in [-0.05, 0) is 29.8 Å². The average Bonchev–Trinajstić information content (AvgIpc) is 2.62. The standard InChI is InChI=1S/C15H18N.BrH/c1-3-16(2)10-14-8-12-6-4-5-7-13(12)9-15(14)11-16;/h4-9H,3,10-11H2,1-2H3;1H/q+1;/p-1. The van der Waals surface area contributed by atoms with E-state index in [2.05, 4.69) is 50.4 Å². The summed E-state index contributed by atoms with van der Waals surface area (Å²) in [7, 11) is 2.35. The fourth-order valence-electron chi connectivity index (χ4n) is 2.73. The second kappa shape index (κ2) is 4.43. The first-order valence-electron chi connectivity index (χ1n) is 6.04. The SMILES string of the molecule is CC[N+]1(C)Cc2cc3ccccc3cc2C1.[Br-]. The highest BCUT2D eigenvalue weighted by Gasteiger charge is 2.30. The number of benzene rings is 2. The molecule has 1 heterocycles. The maximum atomic E-state index is 2.38. The molecule has 0 atom stereocenters. The van der Waals surface area contributed by atoms with Crippen LogP contribution in [0.4, 0.5) is 0 Å². The monoisotopic (exact) mass is 291 g/mol. The third kappa shape index (κ3) is 2.12. The third-order valence-corrected chi connectivity index (χ3v) is 3.94. The van der Waals surface area contributed by atoms with Crippen molar-refractivity contribution >= 4 is 10.8 Å². The van der Waals surface area contributed by atoms with E-state index >= 15 is 0 Å². The molecule has 0 aliphatic carbocycles. The molecule has 0 spiro atoms. The summed E-state index contributed by atoms with van der Waals surface area (Å²) in [4.78, 5) is 0. The molecule has 0 amide bonds. The van der Waals surface area contributed by atoms with E-state index in [-0.39, 0.29) is 17.0 Å². The smallest absolute Gasteiger partial charge is 0.105 e. The van der Waals surface area contributed by atoms with Crippen LogP contribution in [0.1, 0.15) is 18.1 Å². The number of halogens is 1. The molecule has 0 saturated carbocycles. The molecule has 0 saturated heterocycles. The van der Waals surface area contributed by atoms with E-state index in [1.165, 1.54) is 30.4 Å². The van der Waals surface area contributed by atoms with Gasteiger partial charge in [-0.1, -0.05) is 24.3 Å². The Morgan fingerprint density at radius 2 is 1.47 bits per heavy atom. The van der Waals surface area contributed by atoms with Crippen molar-refractivity contribution < 1.29 is 21.5 Å². The number of quaternary nitrogens is 1. The summed E-state index contributed by atoms with van der Waals surface area (Å²) in [5.74, 6) is 0. The molecule has 17 heavy (non-hydrogen) atoms. The molecule has 1 aliphatic rings. The van der Waals surface area contributed by atoms with Gasteiger partial charge < -0.3 is 21.5 Å². The van der Waals surface area contributed by atoms with Crippen LogP contribution in [0.2, 0.25) is 0 Å². The molecule has 1 aliphatic heterocycles. The van der Waals surface area contributed by atoms with Gasteiger partial charge in [-0.25, -0.2) is 0 Å². The highest BCUT2D eigenvalue weighted by atomic mass is 79.9. The van der Waals surface area contributed by atoms with Gasteiger partial charge in [-0.3, -0.25) is 0 Å². The second-order valence-corrected chi connectivity index (χ2v) is 5.22. The predicted octanol–water partition coefficient (Wildman–Crippen LogP) is 0.324. The normalized spacial score (nSPS) is 16.6. The van der Waals surface area contributed by atoms with Crippen molar-refractivity contribution in [3.63, 3.8) is 0 Å². The molecule has 2 heteroatoms. The van der Waals surface area contributed by atoms with E-state index < -0.39 is 0 Å². The van der Waals surface area contributed by atoms with Gasteiger partial charge in [0.15, 0.2) is 0 Å². The molecule has 0 radical (unpaired) electrons. The van der Waals surface area contributed by atoms with Gasteiger partial charge in [0, 0.05) is 11.1 Å². The third-order valence-electron chi connectivity index (χ3n) is 3.94. The van der Waals surface area contributed by atoms with E-state index in [1.54, 1.807) is 11.1 Å². The summed E-state index contributed by atoms with van der Waals surface area (Å²) >= 11 is 0. The minimum absolute atomic E-state index is 0. The quantitative estimate of drug-likeness (QED) is 0.664. The second-order valence-electron chi connectivity index (χ2n) is 5.22. The Kier molecular flexibility index (Phi) is 3.28. The fraction of sp³-hybridized carbons (Fsp3) is 0.333. The van der Waals surface area contributed by atoms with Crippen LogP contribution < -0.4 is 17.0 Å². The van der Waals surface area contributed by atoms with Crippen LogP contribution in [0.3, 0.4) is 0 Å². The number of rotatable bonds is 1. The zero-order valence-corrected chi connectivity index (χ0v) is 12.0. The van der Waals surface area contributed by atoms with Crippen molar-refractivity contribution in [2.24, 2.45) is 0 Å². The van der Waals surface area contributed by atoms with Crippen LogP contribution in [-0.2, 0) is 13.1 Å². The lowest BCUT2D eigenvalue weighted by Gasteiger charge is -2.27. The van der Waals surface area contributed by atoms with Crippen LogP contribution in [0.5, 0.6) is 0 Å². The Balaban J connectivity index is 0.00000108. The number of hydrogen-bond donors (Lipinski definition) is 0. The fourth-order valence-corrected chi connectivity index (χ4v) is 2.73. The minimum Gasteiger partial charge on any atom is -1.00 e. The molecule has 90 valence electrons. The maximum Gasteiger partial charge on any atom is 0.105 e. The van der Waals surface area contributed by atoms with Crippen molar-refractivity contribution in [1.82, 2.24) is 0 Å². The number of hydrogen-bond acceptors (Lipinski definition) is 0. The van der Waals surface area contributed by atoms with Gasteiger partial charge in [-0.2, -0.15) is 0 Å². The topological polar surface area (TPSA) is 0 Å². The molecule has 2 aromatic rings. The zero-order valence-electron chi connectivity index (χ0n) is 10.4. The molecular weight excluding hydrogens is 274 g/mol. The van der Waals surface area contributed by atoms with Crippen molar-refractivity contribution in [2.75, 3.05) is 13.6 Å². The first-order chi connectivity index (χ1) is 7.70. The molecule has 1 nitrogen and oxygen atoms in total. The largest absolute Gasteiger partial charge is 1.00 e. The number of nitrogens with zero attached hydrogens (tertiary/aromatic N) is 1. The van der Waals surface area contributed by atoms with Crippen molar-refractivity contribution in [1.29, 1.82) is 0 Å². The summed E-state index contributed by atoms with van der Waals surface area (Å²) in [6.07, 6.45) is 0. The Morgan fingerprint density at radius 1 is 1.00 bits per heavy atom. The van der Waals surface area contributed by atoms with Gasteiger partial charge in [0.25, 0.3) is 0 Å². The summed E-state index contributed by atoms with van der Waals surface area (Å²) < 4.78 is 1.16. The molecule has 0 aromatic heterocycles. The highest BCUT2D eigenvalue weighted by molar-refractivity contribution is 5.84. The number of fused-ring (bicyclic) bond motifs is 2. The first kappa shape index (κ1) is 12.6. The lowest BCUT2D eigenvalue weighted by atomic mass is 10.0. The molecule has 0 bridgehead atoms. The van der Waals surface area contributed by atoms with Crippen molar-refractivity contribution in [3.8, 4) is 0 Å². The average molecular weight is 292 g/mol. The van der Waals surface area contributed by atoms with Crippen LogP contribution in [0, 0.1) is 0 Å². The predicted molar refractivity (Wildman–Crippen MR) is 68.1 cm³/mol. The van der Waals surface area contributed by atoms with Gasteiger partial charge in [0.2, 0.25) is 0 Å². The van der Waals surface area contributed by atoms with E-state index in [1.807, 2.05) is 0 Å². The minimum atomic E-state index is 0. The Labute approximate surface area is 113 Å². The van der Waals surface area contributed by atoms with Crippen LogP contribution >= 0.6 is 0 Å². The molecule has 3 rings (SSSR count). The Morgan fingerprint density at radius 3 is 1.88 bits per heavy atom. The molecule has 0 fully saturated rings. The van der Waals surface area contributed by atoms with E-state index in [0.717, 1.165) is 4.48 Å². The van der Waals surface area contributed by atoms with E-state index in [9.17, 15) is 0 Å². The van der Waals surface area contributed by atoms with Gasteiger partial charge >= 0.3 is 0 Å². The Bertz CT molecular complexity index is 503. The summed E-state index contributed by atoms with van der Waals surface area (Å²) in [6.45, 7) is 5.88. The van der Waals surface area contributed by atoms with Gasteiger partial charge in [-0.15, -0.1) is 0 Å². The van der Waals surface area contributed by atoms with Crippen LogP contribution in [0.15, 0.2) is 36.4 Å².